The number of benzene rings is 2. The highest BCUT2D eigenvalue weighted by atomic mass is 79.9. The van der Waals surface area contributed by atoms with Gasteiger partial charge in [-0.1, -0.05) is 12.1 Å². The summed E-state index contributed by atoms with van der Waals surface area (Å²) in [6.45, 7) is 2.42. The van der Waals surface area contributed by atoms with E-state index in [2.05, 4.69) is 26.1 Å². The van der Waals surface area contributed by atoms with Gasteiger partial charge in [0.2, 0.25) is 5.76 Å². The summed E-state index contributed by atoms with van der Waals surface area (Å²) in [7, 11) is 1.64. The van der Waals surface area contributed by atoms with Crippen LogP contribution in [0.2, 0.25) is 0 Å². The van der Waals surface area contributed by atoms with Crippen molar-refractivity contribution in [1.82, 2.24) is 4.90 Å². The molecule has 0 saturated carbocycles. The molecular weight excluding hydrogens is 502 g/mol. The molecule has 8 nitrogen and oxygen atoms in total. The molecule has 2 aromatic heterocycles. The van der Waals surface area contributed by atoms with E-state index in [0.717, 1.165) is 11.4 Å². The molecule has 1 aliphatic rings. The summed E-state index contributed by atoms with van der Waals surface area (Å²) in [5.74, 6) is 0.317. The number of hydrogen-bond acceptors (Lipinski definition) is 6. The van der Waals surface area contributed by atoms with Crippen LogP contribution in [0.3, 0.4) is 0 Å². The number of nitrogens with one attached hydrogen (secondary N) is 1. The summed E-state index contributed by atoms with van der Waals surface area (Å²) >= 11 is 3.20. The van der Waals surface area contributed by atoms with Crippen LogP contribution in [0.5, 0.6) is 5.75 Å². The van der Waals surface area contributed by atoms with Crippen molar-refractivity contribution in [1.29, 1.82) is 0 Å². The third-order valence-electron chi connectivity index (χ3n) is 5.83. The van der Waals surface area contributed by atoms with Crippen LogP contribution in [0.1, 0.15) is 21.1 Å². The fourth-order valence-electron chi connectivity index (χ4n) is 4.04. The Morgan fingerprint density at radius 2 is 1.68 bits per heavy atom. The Labute approximate surface area is 204 Å². The molecule has 174 valence electrons. The summed E-state index contributed by atoms with van der Waals surface area (Å²) in [4.78, 5) is 30.2. The van der Waals surface area contributed by atoms with Crippen LogP contribution >= 0.6 is 15.9 Å². The third kappa shape index (κ3) is 4.26. The number of halogens is 1. The van der Waals surface area contributed by atoms with Crippen molar-refractivity contribution in [3.63, 3.8) is 0 Å². The first kappa shape index (κ1) is 22.1. The summed E-state index contributed by atoms with van der Waals surface area (Å²) < 4.78 is 16.9. The van der Waals surface area contributed by atoms with Crippen LogP contribution in [0.4, 0.5) is 11.4 Å². The molecule has 3 heterocycles. The molecule has 2 amide bonds. The molecule has 1 aliphatic heterocycles. The standard InChI is InChI=1S/C25H22BrN3O5/c1-32-17-8-6-16(7-9-17)28-12-14-29(15-13-28)25(31)23-22(18-4-2-3-5-19(18)34-23)27-24(30)20-10-11-21(26)33-20/h2-11H,12-15H2,1H3,(H,27,30). The Morgan fingerprint density at radius 3 is 2.35 bits per heavy atom. The summed E-state index contributed by atoms with van der Waals surface area (Å²) in [5, 5.41) is 3.47. The lowest BCUT2D eigenvalue weighted by molar-refractivity contribution is 0.0718. The second-order valence-corrected chi connectivity index (χ2v) is 8.62. The van der Waals surface area contributed by atoms with Crippen LogP contribution in [0.15, 0.2) is 74.2 Å². The van der Waals surface area contributed by atoms with Crippen LogP contribution < -0.4 is 15.0 Å². The number of carbonyl (C=O) groups is 2. The van der Waals surface area contributed by atoms with Gasteiger partial charge in [-0.15, -0.1) is 0 Å². The lowest BCUT2D eigenvalue weighted by Gasteiger charge is -2.35. The fraction of sp³-hybridized carbons (Fsp3) is 0.200. The van der Waals surface area contributed by atoms with Gasteiger partial charge in [-0.05, 0) is 64.5 Å². The van der Waals surface area contributed by atoms with Gasteiger partial charge in [0.1, 0.15) is 17.0 Å². The van der Waals surface area contributed by atoms with E-state index in [-0.39, 0.29) is 17.4 Å². The minimum Gasteiger partial charge on any atom is -0.497 e. The van der Waals surface area contributed by atoms with Crippen molar-refractivity contribution in [3.05, 3.63) is 76.9 Å². The van der Waals surface area contributed by atoms with Gasteiger partial charge in [-0.25, -0.2) is 0 Å². The highest BCUT2D eigenvalue weighted by molar-refractivity contribution is 9.10. The lowest BCUT2D eigenvalue weighted by atomic mass is 10.2. The van der Waals surface area contributed by atoms with Gasteiger partial charge >= 0.3 is 0 Å². The summed E-state index contributed by atoms with van der Waals surface area (Å²) in [6.07, 6.45) is 0. The first-order valence-corrected chi connectivity index (χ1v) is 11.6. The number of anilines is 2. The van der Waals surface area contributed by atoms with Gasteiger partial charge in [-0.2, -0.15) is 0 Å². The second kappa shape index (κ2) is 9.26. The monoisotopic (exact) mass is 523 g/mol. The zero-order valence-corrected chi connectivity index (χ0v) is 20.0. The van der Waals surface area contributed by atoms with E-state index < -0.39 is 5.91 Å². The van der Waals surface area contributed by atoms with E-state index in [1.54, 1.807) is 30.2 Å². The first-order valence-electron chi connectivity index (χ1n) is 10.8. The van der Waals surface area contributed by atoms with Crippen molar-refractivity contribution in [2.75, 3.05) is 43.5 Å². The van der Waals surface area contributed by atoms with E-state index in [4.69, 9.17) is 13.6 Å². The molecule has 0 spiro atoms. The van der Waals surface area contributed by atoms with Crippen molar-refractivity contribution in [2.24, 2.45) is 0 Å². The Morgan fingerprint density at radius 1 is 0.941 bits per heavy atom. The SMILES string of the molecule is COc1ccc(N2CCN(C(=O)c3oc4ccccc4c3NC(=O)c3ccc(Br)o3)CC2)cc1. The third-order valence-corrected chi connectivity index (χ3v) is 6.26. The summed E-state index contributed by atoms with van der Waals surface area (Å²) in [6, 6.07) is 18.3. The largest absolute Gasteiger partial charge is 0.497 e. The van der Waals surface area contributed by atoms with Crippen LogP contribution in [0.25, 0.3) is 11.0 Å². The lowest BCUT2D eigenvalue weighted by Crippen LogP contribution is -2.48. The molecule has 2 aromatic carbocycles. The minimum atomic E-state index is -0.462. The maximum atomic E-state index is 13.5. The van der Waals surface area contributed by atoms with Crippen molar-refractivity contribution >= 4 is 50.1 Å². The number of carbonyl (C=O) groups excluding carboxylic acids is 2. The van der Waals surface area contributed by atoms with Gasteiger partial charge in [0, 0.05) is 37.3 Å². The number of ether oxygens (including phenoxy) is 1. The smallest absolute Gasteiger partial charge is 0.291 e. The maximum absolute atomic E-state index is 13.5. The van der Waals surface area contributed by atoms with Crippen LogP contribution in [0, 0.1) is 0 Å². The average Bonchev–Trinajstić information content (AvgIpc) is 3.48. The highest BCUT2D eigenvalue weighted by Crippen LogP contribution is 2.33. The Balaban J connectivity index is 1.36. The molecule has 0 aliphatic carbocycles. The normalized spacial score (nSPS) is 13.8. The highest BCUT2D eigenvalue weighted by Gasteiger charge is 2.29. The number of furan rings is 2. The second-order valence-electron chi connectivity index (χ2n) is 7.84. The van der Waals surface area contributed by atoms with E-state index in [9.17, 15) is 9.59 Å². The molecule has 5 rings (SSSR count). The topological polar surface area (TPSA) is 88.2 Å². The molecule has 0 bridgehead atoms. The number of amides is 2. The number of nitrogens with zero attached hydrogens (tertiary/aromatic N) is 2. The zero-order chi connectivity index (χ0) is 23.7. The average molecular weight is 524 g/mol. The number of fused-ring (bicyclic) bond motifs is 1. The molecule has 1 N–H and O–H groups in total. The van der Waals surface area contributed by atoms with E-state index >= 15 is 0 Å². The summed E-state index contributed by atoms with van der Waals surface area (Å²) in [5.41, 5.74) is 1.95. The number of hydrogen-bond donors (Lipinski definition) is 1. The van der Waals surface area contributed by atoms with Crippen molar-refractivity contribution < 1.29 is 23.2 Å². The molecule has 4 aromatic rings. The first-order chi connectivity index (χ1) is 16.5. The Hall–Kier alpha value is -3.72. The van der Waals surface area contributed by atoms with Gasteiger partial charge in [0.15, 0.2) is 10.4 Å². The Bertz CT molecular complexity index is 1340. The van der Waals surface area contributed by atoms with Gasteiger partial charge in [-0.3, -0.25) is 9.59 Å². The van der Waals surface area contributed by atoms with Crippen molar-refractivity contribution in [3.8, 4) is 5.75 Å². The molecule has 9 heteroatoms. The van der Waals surface area contributed by atoms with Crippen molar-refractivity contribution in [2.45, 2.75) is 0 Å². The van der Waals surface area contributed by atoms with Gasteiger partial charge in [0.25, 0.3) is 11.8 Å². The molecule has 0 atom stereocenters. The number of piperazine rings is 1. The predicted octanol–water partition coefficient (Wildman–Crippen LogP) is 5.01. The fourth-order valence-corrected chi connectivity index (χ4v) is 4.34. The number of para-hydroxylation sites is 1. The Kier molecular flexibility index (Phi) is 6.02. The molecule has 1 fully saturated rings. The van der Waals surface area contributed by atoms with Gasteiger partial charge < -0.3 is 28.7 Å². The van der Waals surface area contributed by atoms with Crippen LogP contribution in [-0.2, 0) is 0 Å². The molecule has 0 radical (unpaired) electrons. The number of rotatable bonds is 5. The molecule has 0 unspecified atom stereocenters. The quantitative estimate of drug-likeness (QED) is 0.395. The van der Waals surface area contributed by atoms with Gasteiger partial charge in [0.05, 0.1) is 7.11 Å². The molecule has 1 saturated heterocycles. The maximum Gasteiger partial charge on any atom is 0.291 e. The van der Waals surface area contributed by atoms with E-state index in [0.29, 0.717) is 47.5 Å². The minimum absolute atomic E-state index is 0.109. The molecular formula is C25H22BrN3O5. The van der Waals surface area contributed by atoms with E-state index in [1.807, 2.05) is 42.5 Å². The number of methoxy groups -OCH3 is 1. The van der Waals surface area contributed by atoms with E-state index in [1.165, 1.54) is 0 Å². The van der Waals surface area contributed by atoms with Crippen LogP contribution in [-0.4, -0.2) is 50.0 Å². The molecule has 34 heavy (non-hydrogen) atoms. The predicted molar refractivity (Wildman–Crippen MR) is 132 cm³/mol. The zero-order valence-electron chi connectivity index (χ0n) is 18.4.